The molecule has 0 aliphatic rings. The molecule has 40 heavy (non-hydrogen) atoms. The molecular formula is C35H74BrNO3. The van der Waals surface area contributed by atoms with Gasteiger partial charge in [-0.25, -0.2) is 5.21 Å². The third-order valence-electron chi connectivity index (χ3n) is 8.30. The van der Waals surface area contributed by atoms with E-state index in [0.29, 0.717) is 6.54 Å². The SMILES string of the molecule is CCCCCCCCCCCCCCOC(CC)(CC[N+](C)(C)O)OCCCCCCCCCCCCCC.[Br-]. The fourth-order valence-corrected chi connectivity index (χ4v) is 5.41. The summed E-state index contributed by atoms with van der Waals surface area (Å²) in [6.07, 6.45) is 34.1. The molecular weight excluding hydrogens is 562 g/mol. The van der Waals surface area contributed by atoms with E-state index in [0.717, 1.165) is 38.9 Å². The third-order valence-corrected chi connectivity index (χ3v) is 8.30. The molecule has 0 heterocycles. The van der Waals surface area contributed by atoms with Crippen LogP contribution in [-0.4, -0.2) is 49.5 Å². The van der Waals surface area contributed by atoms with Gasteiger partial charge in [-0.15, -0.1) is 0 Å². The maximum Gasteiger partial charge on any atom is 0.173 e. The molecule has 1 N–H and O–H groups in total. The molecule has 0 amide bonds. The van der Waals surface area contributed by atoms with Crippen molar-refractivity contribution in [3.63, 3.8) is 0 Å². The lowest BCUT2D eigenvalue weighted by atomic mass is 10.1. The number of hydrogen-bond donors (Lipinski definition) is 1. The largest absolute Gasteiger partial charge is 1.00 e. The van der Waals surface area contributed by atoms with Crippen LogP contribution in [0.5, 0.6) is 0 Å². The van der Waals surface area contributed by atoms with E-state index in [1.54, 1.807) is 0 Å². The van der Waals surface area contributed by atoms with Gasteiger partial charge in [0.1, 0.15) is 6.54 Å². The van der Waals surface area contributed by atoms with E-state index >= 15 is 0 Å². The zero-order valence-electron chi connectivity index (χ0n) is 28.1. The van der Waals surface area contributed by atoms with Crippen molar-refractivity contribution in [2.24, 2.45) is 0 Å². The first-order chi connectivity index (χ1) is 18.9. The maximum absolute atomic E-state index is 10.3. The summed E-state index contributed by atoms with van der Waals surface area (Å²) in [5.74, 6) is -0.548. The van der Waals surface area contributed by atoms with Crippen LogP contribution in [0.15, 0.2) is 0 Å². The molecule has 0 aliphatic carbocycles. The van der Waals surface area contributed by atoms with Crippen LogP contribution in [0.25, 0.3) is 0 Å². The number of unbranched alkanes of at least 4 members (excludes halogenated alkanes) is 22. The van der Waals surface area contributed by atoms with Crippen LogP contribution in [0.1, 0.15) is 188 Å². The molecule has 0 aliphatic heterocycles. The zero-order chi connectivity index (χ0) is 28.9. The molecule has 0 fully saturated rings. The van der Waals surface area contributed by atoms with Crippen molar-refractivity contribution in [3.05, 3.63) is 0 Å². The Hall–Kier alpha value is 0.320. The second-order valence-corrected chi connectivity index (χ2v) is 12.8. The van der Waals surface area contributed by atoms with Crippen LogP contribution in [0.2, 0.25) is 0 Å². The number of quaternary nitrogens is 1. The van der Waals surface area contributed by atoms with E-state index in [-0.39, 0.29) is 21.6 Å². The summed E-state index contributed by atoms with van der Waals surface area (Å²) in [5, 5.41) is 10.3. The van der Waals surface area contributed by atoms with Gasteiger partial charge in [0.25, 0.3) is 0 Å². The molecule has 0 atom stereocenters. The van der Waals surface area contributed by atoms with Crippen LogP contribution in [0.3, 0.4) is 0 Å². The summed E-state index contributed by atoms with van der Waals surface area (Å²) < 4.78 is 12.8. The third kappa shape index (κ3) is 29.8. The van der Waals surface area contributed by atoms with E-state index in [1.807, 2.05) is 14.1 Å². The van der Waals surface area contributed by atoms with Gasteiger partial charge in [-0.1, -0.05) is 162 Å². The molecule has 0 unspecified atom stereocenters. The topological polar surface area (TPSA) is 38.7 Å². The first-order valence-corrected chi connectivity index (χ1v) is 17.7. The minimum absolute atomic E-state index is 0. The maximum atomic E-state index is 10.3. The standard InChI is InChI=1S/C35H74NO3.BrH/c1-6-9-11-13-15-17-19-21-23-25-27-29-33-38-35(8-3,31-32-36(4,5)37)39-34-30-28-26-24-22-20-18-16-14-12-10-7-2;/h37H,6-34H2,1-5H3;1H/q+1;/p-1. The number of ether oxygens (including phenoxy) is 2. The number of hydroxylamine groups is 3. The minimum Gasteiger partial charge on any atom is -1.00 e. The molecule has 0 bridgehead atoms. The summed E-state index contributed by atoms with van der Waals surface area (Å²) in [6, 6.07) is 0. The highest BCUT2D eigenvalue weighted by Crippen LogP contribution is 2.25. The van der Waals surface area contributed by atoms with E-state index in [4.69, 9.17) is 9.47 Å². The Kier molecular flexibility index (Phi) is 32.7. The Morgan fingerprint density at radius 1 is 0.475 bits per heavy atom. The quantitative estimate of drug-likeness (QED) is 0.0349. The first-order valence-electron chi connectivity index (χ1n) is 17.7. The molecule has 244 valence electrons. The summed E-state index contributed by atoms with van der Waals surface area (Å²) in [6.45, 7) is 8.92. The van der Waals surface area contributed by atoms with E-state index in [9.17, 15) is 5.21 Å². The monoisotopic (exact) mass is 635 g/mol. The van der Waals surface area contributed by atoms with Gasteiger partial charge in [-0.2, -0.15) is 4.65 Å². The van der Waals surface area contributed by atoms with Crippen LogP contribution >= 0.6 is 0 Å². The fraction of sp³-hybridized carbons (Fsp3) is 1.00. The summed E-state index contributed by atoms with van der Waals surface area (Å²) in [7, 11) is 3.66. The number of nitrogens with zero attached hydrogens (tertiary/aromatic N) is 1. The lowest BCUT2D eigenvalue weighted by Gasteiger charge is -2.34. The molecule has 5 heteroatoms. The van der Waals surface area contributed by atoms with E-state index < -0.39 is 5.79 Å². The molecule has 4 nitrogen and oxygen atoms in total. The molecule has 0 spiro atoms. The Morgan fingerprint density at radius 3 is 1.00 bits per heavy atom. The highest BCUT2D eigenvalue weighted by molar-refractivity contribution is 4.69. The van der Waals surface area contributed by atoms with Crippen molar-refractivity contribution >= 4 is 0 Å². The van der Waals surface area contributed by atoms with Crippen molar-refractivity contribution < 1.29 is 36.3 Å². The minimum atomic E-state index is -0.548. The lowest BCUT2D eigenvalue weighted by molar-refractivity contribution is -1.07. The molecule has 0 aromatic rings. The van der Waals surface area contributed by atoms with Gasteiger partial charge in [-0.05, 0) is 19.3 Å². The summed E-state index contributed by atoms with van der Waals surface area (Å²) in [4.78, 5) is 0. The molecule has 0 aromatic carbocycles. The highest BCUT2D eigenvalue weighted by atomic mass is 79.9. The lowest BCUT2D eigenvalue weighted by Crippen LogP contribution is -3.00. The summed E-state index contributed by atoms with van der Waals surface area (Å²) in [5.41, 5.74) is 0. The average Bonchev–Trinajstić information content (AvgIpc) is 2.91. The van der Waals surface area contributed by atoms with Crippen LogP contribution < -0.4 is 17.0 Å². The van der Waals surface area contributed by atoms with Gasteiger partial charge >= 0.3 is 0 Å². The Labute approximate surface area is 263 Å². The average molecular weight is 637 g/mol. The Balaban J connectivity index is 0. The highest BCUT2D eigenvalue weighted by Gasteiger charge is 2.32. The van der Waals surface area contributed by atoms with Gasteiger partial charge < -0.3 is 26.5 Å². The normalized spacial score (nSPS) is 12.2. The van der Waals surface area contributed by atoms with Crippen LogP contribution in [-0.2, 0) is 9.47 Å². The van der Waals surface area contributed by atoms with Crippen molar-refractivity contribution in [1.29, 1.82) is 0 Å². The number of halogens is 1. The van der Waals surface area contributed by atoms with Crippen molar-refractivity contribution in [2.45, 2.75) is 193 Å². The number of rotatable bonds is 32. The van der Waals surface area contributed by atoms with Gasteiger partial charge in [0.15, 0.2) is 5.79 Å². The Morgan fingerprint density at radius 2 is 0.750 bits per heavy atom. The molecule has 0 saturated heterocycles. The van der Waals surface area contributed by atoms with Crippen LogP contribution in [0.4, 0.5) is 0 Å². The van der Waals surface area contributed by atoms with Gasteiger partial charge in [0, 0.05) is 0 Å². The van der Waals surface area contributed by atoms with E-state index in [1.165, 1.54) is 141 Å². The smallest absolute Gasteiger partial charge is 0.173 e. The van der Waals surface area contributed by atoms with E-state index in [2.05, 4.69) is 20.8 Å². The summed E-state index contributed by atoms with van der Waals surface area (Å²) >= 11 is 0. The van der Waals surface area contributed by atoms with Gasteiger partial charge in [0.05, 0.1) is 33.7 Å². The first kappa shape index (κ1) is 42.5. The molecule has 0 saturated carbocycles. The molecule has 0 radical (unpaired) electrons. The fourth-order valence-electron chi connectivity index (χ4n) is 5.41. The van der Waals surface area contributed by atoms with Crippen molar-refractivity contribution in [3.8, 4) is 0 Å². The second-order valence-electron chi connectivity index (χ2n) is 12.8. The predicted octanol–water partition coefficient (Wildman–Crippen LogP) is 8.39. The van der Waals surface area contributed by atoms with Gasteiger partial charge in [-0.3, -0.25) is 0 Å². The van der Waals surface area contributed by atoms with Gasteiger partial charge in [0.2, 0.25) is 0 Å². The Bertz CT molecular complexity index is 454. The molecule has 0 aromatic heterocycles. The van der Waals surface area contributed by atoms with Crippen LogP contribution in [0, 0.1) is 0 Å². The zero-order valence-corrected chi connectivity index (χ0v) is 29.7. The predicted molar refractivity (Wildman–Crippen MR) is 170 cm³/mol. The second kappa shape index (κ2) is 30.8. The molecule has 0 rings (SSSR count). The number of hydrogen-bond acceptors (Lipinski definition) is 3. The van der Waals surface area contributed by atoms with Crippen molar-refractivity contribution in [2.75, 3.05) is 33.9 Å². The van der Waals surface area contributed by atoms with Crippen molar-refractivity contribution in [1.82, 2.24) is 0 Å².